The van der Waals surface area contributed by atoms with Crippen molar-refractivity contribution in [1.82, 2.24) is 5.32 Å². The first-order chi connectivity index (χ1) is 5.95. The molecular formula is C8H19NO3S. The normalized spacial score (nSPS) is 14.4. The lowest BCUT2D eigenvalue weighted by molar-refractivity contribution is 0.234. The molecule has 0 aromatic rings. The van der Waals surface area contributed by atoms with Crippen LogP contribution in [0.25, 0.3) is 0 Å². The summed E-state index contributed by atoms with van der Waals surface area (Å²) in [7, 11) is -2.82. The zero-order valence-electron chi connectivity index (χ0n) is 8.28. The van der Waals surface area contributed by atoms with Crippen LogP contribution in [0.1, 0.15) is 13.3 Å². The second kappa shape index (κ2) is 6.34. The quantitative estimate of drug-likeness (QED) is 0.562. The molecule has 0 aliphatic carbocycles. The Morgan fingerprint density at radius 2 is 2.08 bits per heavy atom. The van der Waals surface area contributed by atoms with Crippen molar-refractivity contribution in [1.29, 1.82) is 0 Å². The van der Waals surface area contributed by atoms with Gasteiger partial charge in [-0.2, -0.15) is 0 Å². The van der Waals surface area contributed by atoms with Gasteiger partial charge in [0.1, 0.15) is 9.84 Å². The maximum atomic E-state index is 10.7. The van der Waals surface area contributed by atoms with E-state index in [9.17, 15) is 8.42 Å². The van der Waals surface area contributed by atoms with Crippen molar-refractivity contribution in [3.8, 4) is 0 Å². The molecule has 0 saturated heterocycles. The lowest BCUT2D eigenvalue weighted by Gasteiger charge is -2.08. The molecule has 1 unspecified atom stereocenters. The molecule has 80 valence electrons. The molecule has 1 atom stereocenters. The Kier molecular flexibility index (Phi) is 6.28. The van der Waals surface area contributed by atoms with Crippen LogP contribution in [0.3, 0.4) is 0 Å². The van der Waals surface area contributed by atoms with E-state index in [2.05, 4.69) is 5.32 Å². The molecule has 0 radical (unpaired) electrons. The van der Waals surface area contributed by atoms with Crippen LogP contribution < -0.4 is 5.32 Å². The molecule has 0 bridgehead atoms. The Balaban J connectivity index is 3.27. The lowest BCUT2D eigenvalue weighted by atomic mass is 10.2. The van der Waals surface area contributed by atoms with Gasteiger partial charge in [-0.3, -0.25) is 0 Å². The summed E-state index contributed by atoms with van der Waals surface area (Å²) < 4.78 is 21.4. The molecule has 0 aromatic heterocycles. The Morgan fingerprint density at radius 1 is 1.46 bits per heavy atom. The van der Waals surface area contributed by atoms with Crippen LogP contribution >= 0.6 is 0 Å². The minimum atomic E-state index is -2.82. The third-order valence-corrected chi connectivity index (χ3v) is 2.70. The van der Waals surface area contributed by atoms with E-state index in [4.69, 9.17) is 5.11 Å². The average Bonchev–Trinajstić information content (AvgIpc) is 2.01. The Hall–Kier alpha value is -0.130. The van der Waals surface area contributed by atoms with Gasteiger partial charge >= 0.3 is 0 Å². The molecule has 0 amide bonds. The molecule has 0 saturated carbocycles. The summed E-state index contributed by atoms with van der Waals surface area (Å²) in [5.74, 6) is 0.464. The van der Waals surface area contributed by atoms with E-state index in [-0.39, 0.29) is 18.3 Å². The number of nitrogens with one attached hydrogen (secondary N) is 1. The highest BCUT2D eigenvalue weighted by atomic mass is 32.2. The first-order valence-corrected chi connectivity index (χ1v) is 6.51. The van der Waals surface area contributed by atoms with E-state index < -0.39 is 9.84 Å². The largest absolute Gasteiger partial charge is 0.396 e. The van der Waals surface area contributed by atoms with E-state index in [0.717, 1.165) is 6.54 Å². The Bertz CT molecular complexity index is 213. The predicted molar refractivity (Wildman–Crippen MR) is 53.4 cm³/mol. The number of rotatable bonds is 7. The molecule has 0 aromatic carbocycles. The second-order valence-corrected chi connectivity index (χ2v) is 5.74. The Morgan fingerprint density at radius 3 is 2.54 bits per heavy atom. The predicted octanol–water partition coefficient (Wildman–Crippen LogP) is -0.361. The zero-order valence-corrected chi connectivity index (χ0v) is 9.10. The highest BCUT2D eigenvalue weighted by molar-refractivity contribution is 7.90. The minimum Gasteiger partial charge on any atom is -0.396 e. The monoisotopic (exact) mass is 209 g/mol. The van der Waals surface area contributed by atoms with Gasteiger partial charge in [0.2, 0.25) is 0 Å². The van der Waals surface area contributed by atoms with Gasteiger partial charge in [-0.1, -0.05) is 6.92 Å². The first-order valence-electron chi connectivity index (χ1n) is 4.45. The topological polar surface area (TPSA) is 66.4 Å². The van der Waals surface area contributed by atoms with Gasteiger partial charge in [0.25, 0.3) is 0 Å². The summed E-state index contributed by atoms with van der Waals surface area (Å²) in [4.78, 5) is 0. The van der Waals surface area contributed by atoms with E-state index in [1.165, 1.54) is 6.26 Å². The van der Waals surface area contributed by atoms with Gasteiger partial charge in [-0.15, -0.1) is 0 Å². The highest BCUT2D eigenvalue weighted by Gasteiger charge is 2.02. The molecule has 13 heavy (non-hydrogen) atoms. The van der Waals surface area contributed by atoms with Crippen molar-refractivity contribution in [2.24, 2.45) is 5.92 Å². The second-order valence-electron chi connectivity index (χ2n) is 3.48. The maximum absolute atomic E-state index is 10.7. The molecule has 2 N–H and O–H groups in total. The van der Waals surface area contributed by atoms with Crippen LogP contribution in [-0.2, 0) is 9.84 Å². The fourth-order valence-electron chi connectivity index (χ4n) is 0.872. The van der Waals surface area contributed by atoms with Gasteiger partial charge in [-0.25, -0.2) is 8.42 Å². The van der Waals surface area contributed by atoms with E-state index in [0.29, 0.717) is 13.0 Å². The van der Waals surface area contributed by atoms with E-state index >= 15 is 0 Å². The van der Waals surface area contributed by atoms with E-state index in [1.807, 2.05) is 6.92 Å². The smallest absolute Gasteiger partial charge is 0.147 e. The van der Waals surface area contributed by atoms with Crippen molar-refractivity contribution >= 4 is 9.84 Å². The van der Waals surface area contributed by atoms with Crippen LogP contribution in [0.4, 0.5) is 0 Å². The molecule has 5 heteroatoms. The number of hydrogen-bond acceptors (Lipinski definition) is 4. The molecule has 0 spiro atoms. The zero-order chi connectivity index (χ0) is 10.3. The highest BCUT2D eigenvalue weighted by Crippen LogP contribution is 1.90. The SMILES string of the molecule is CC(CO)CNCCCS(C)(=O)=O. The molecule has 0 rings (SSSR count). The van der Waals surface area contributed by atoms with Crippen LogP contribution in [0.2, 0.25) is 0 Å². The van der Waals surface area contributed by atoms with Crippen molar-refractivity contribution in [2.75, 3.05) is 31.7 Å². The van der Waals surface area contributed by atoms with Gasteiger partial charge in [-0.05, 0) is 25.4 Å². The Labute approximate surface area is 80.3 Å². The van der Waals surface area contributed by atoms with Gasteiger partial charge in [0, 0.05) is 12.9 Å². The number of hydrogen-bond donors (Lipinski definition) is 2. The summed E-state index contributed by atoms with van der Waals surface area (Å²) in [5, 5.41) is 11.8. The lowest BCUT2D eigenvalue weighted by Crippen LogP contribution is -2.25. The molecule has 0 heterocycles. The van der Waals surface area contributed by atoms with Gasteiger partial charge in [0.15, 0.2) is 0 Å². The van der Waals surface area contributed by atoms with Crippen LogP contribution in [-0.4, -0.2) is 45.2 Å². The van der Waals surface area contributed by atoms with Gasteiger partial charge < -0.3 is 10.4 Å². The fourth-order valence-corrected chi connectivity index (χ4v) is 1.54. The number of aliphatic hydroxyl groups excluding tert-OH is 1. The fraction of sp³-hybridized carbons (Fsp3) is 1.00. The summed E-state index contributed by atoms with van der Waals surface area (Å²) in [5.41, 5.74) is 0. The van der Waals surface area contributed by atoms with Crippen LogP contribution in [0, 0.1) is 5.92 Å². The average molecular weight is 209 g/mol. The van der Waals surface area contributed by atoms with Crippen LogP contribution in [0.5, 0.6) is 0 Å². The standard InChI is InChI=1S/C8H19NO3S/c1-8(7-10)6-9-4-3-5-13(2,11)12/h8-10H,3-7H2,1-2H3. The van der Waals surface area contributed by atoms with Crippen molar-refractivity contribution < 1.29 is 13.5 Å². The summed E-state index contributed by atoms with van der Waals surface area (Å²) in [6.45, 7) is 3.53. The maximum Gasteiger partial charge on any atom is 0.147 e. The van der Waals surface area contributed by atoms with Crippen molar-refractivity contribution in [3.63, 3.8) is 0 Å². The number of sulfone groups is 1. The third kappa shape index (κ3) is 9.79. The van der Waals surface area contributed by atoms with Crippen molar-refractivity contribution in [2.45, 2.75) is 13.3 Å². The molecule has 4 nitrogen and oxygen atoms in total. The minimum absolute atomic E-state index is 0.166. The summed E-state index contributed by atoms with van der Waals surface area (Å²) >= 11 is 0. The summed E-state index contributed by atoms with van der Waals surface area (Å²) in [6.07, 6.45) is 1.88. The third-order valence-electron chi connectivity index (χ3n) is 1.67. The van der Waals surface area contributed by atoms with Crippen LogP contribution in [0.15, 0.2) is 0 Å². The van der Waals surface area contributed by atoms with Crippen molar-refractivity contribution in [3.05, 3.63) is 0 Å². The van der Waals surface area contributed by atoms with E-state index in [1.54, 1.807) is 0 Å². The first kappa shape index (κ1) is 12.9. The number of aliphatic hydroxyl groups is 1. The molecule has 0 fully saturated rings. The summed E-state index contributed by atoms with van der Waals surface area (Å²) in [6, 6.07) is 0. The molecule has 0 aliphatic rings. The molecule has 0 aliphatic heterocycles. The van der Waals surface area contributed by atoms with Gasteiger partial charge in [0.05, 0.1) is 5.75 Å². The molecular weight excluding hydrogens is 190 g/mol.